The standard InChI is InChI=1S/C16H22O2/c17-16(13-7-4-2-1-3-5-8-13)11-6-9-15-14(16)10-12-18-15/h7,10,12,17H,1-6,8-9,11H2/b13-7+. The SMILES string of the molecule is OC1(/C2=C/CCCCCC2)CCCc2occc21. The maximum absolute atomic E-state index is 11.1. The van der Waals surface area contributed by atoms with Gasteiger partial charge in [-0.05, 0) is 50.2 Å². The zero-order valence-corrected chi connectivity index (χ0v) is 11.0. The van der Waals surface area contributed by atoms with Gasteiger partial charge in [0.05, 0.1) is 6.26 Å². The van der Waals surface area contributed by atoms with Crippen LogP contribution in [0, 0.1) is 0 Å². The van der Waals surface area contributed by atoms with E-state index in [1.807, 2.05) is 6.07 Å². The zero-order valence-electron chi connectivity index (χ0n) is 11.0. The van der Waals surface area contributed by atoms with Gasteiger partial charge in [0.15, 0.2) is 0 Å². The molecule has 3 rings (SSSR count). The number of hydrogen-bond acceptors (Lipinski definition) is 2. The van der Waals surface area contributed by atoms with E-state index in [9.17, 15) is 5.11 Å². The fourth-order valence-corrected chi connectivity index (χ4v) is 3.44. The van der Waals surface area contributed by atoms with Gasteiger partial charge in [-0.25, -0.2) is 0 Å². The Hall–Kier alpha value is -1.02. The summed E-state index contributed by atoms with van der Waals surface area (Å²) >= 11 is 0. The van der Waals surface area contributed by atoms with Crippen molar-refractivity contribution in [1.29, 1.82) is 0 Å². The first kappa shape index (κ1) is 12.0. The van der Waals surface area contributed by atoms with Crippen LogP contribution in [0.4, 0.5) is 0 Å². The molecule has 0 saturated carbocycles. The van der Waals surface area contributed by atoms with Gasteiger partial charge in [-0.15, -0.1) is 0 Å². The minimum absolute atomic E-state index is 0.738. The maximum atomic E-state index is 11.1. The van der Waals surface area contributed by atoms with Crippen LogP contribution in [-0.4, -0.2) is 5.11 Å². The van der Waals surface area contributed by atoms with E-state index in [4.69, 9.17) is 4.42 Å². The summed E-state index contributed by atoms with van der Waals surface area (Å²) in [5.74, 6) is 0.992. The molecule has 2 heteroatoms. The van der Waals surface area contributed by atoms with Gasteiger partial charge >= 0.3 is 0 Å². The second-order valence-corrected chi connectivity index (χ2v) is 5.65. The molecule has 0 radical (unpaired) electrons. The average Bonchev–Trinajstić information content (AvgIpc) is 2.78. The normalized spacial score (nSPS) is 31.9. The largest absolute Gasteiger partial charge is 0.469 e. The molecule has 2 nitrogen and oxygen atoms in total. The summed E-state index contributed by atoms with van der Waals surface area (Å²) < 4.78 is 5.51. The van der Waals surface area contributed by atoms with Crippen molar-refractivity contribution in [3.63, 3.8) is 0 Å². The zero-order chi connectivity index (χ0) is 12.4. The summed E-state index contributed by atoms with van der Waals surface area (Å²) in [6.07, 6.45) is 14.1. The van der Waals surface area contributed by atoms with Crippen molar-refractivity contribution in [3.8, 4) is 0 Å². The predicted octanol–water partition coefficient (Wildman–Crippen LogP) is 4.08. The van der Waals surface area contributed by atoms with Crippen LogP contribution in [0.15, 0.2) is 28.4 Å². The van der Waals surface area contributed by atoms with Gasteiger partial charge in [0.1, 0.15) is 11.4 Å². The maximum Gasteiger partial charge on any atom is 0.114 e. The van der Waals surface area contributed by atoms with E-state index in [2.05, 4.69) is 6.08 Å². The van der Waals surface area contributed by atoms with Gasteiger partial charge in [0.2, 0.25) is 0 Å². The topological polar surface area (TPSA) is 33.4 Å². The average molecular weight is 246 g/mol. The fraction of sp³-hybridized carbons (Fsp3) is 0.625. The van der Waals surface area contributed by atoms with Gasteiger partial charge in [0.25, 0.3) is 0 Å². The molecule has 0 amide bonds. The summed E-state index contributed by atoms with van der Waals surface area (Å²) in [5, 5.41) is 11.1. The molecule has 0 spiro atoms. The number of aryl methyl sites for hydroxylation is 1. The predicted molar refractivity (Wildman–Crippen MR) is 71.3 cm³/mol. The first-order valence-corrected chi connectivity index (χ1v) is 7.29. The smallest absolute Gasteiger partial charge is 0.114 e. The van der Waals surface area contributed by atoms with Crippen molar-refractivity contribution in [2.24, 2.45) is 0 Å². The van der Waals surface area contributed by atoms with E-state index in [0.717, 1.165) is 43.4 Å². The second kappa shape index (κ2) is 4.93. The highest BCUT2D eigenvalue weighted by atomic mass is 16.3. The number of furan rings is 1. The molecule has 0 bridgehead atoms. The minimum atomic E-state index is -0.738. The first-order chi connectivity index (χ1) is 8.81. The lowest BCUT2D eigenvalue weighted by molar-refractivity contribution is 0.0500. The van der Waals surface area contributed by atoms with Crippen molar-refractivity contribution in [1.82, 2.24) is 0 Å². The van der Waals surface area contributed by atoms with Crippen molar-refractivity contribution >= 4 is 0 Å². The van der Waals surface area contributed by atoms with Crippen LogP contribution in [-0.2, 0) is 12.0 Å². The van der Waals surface area contributed by atoms with Gasteiger partial charge in [0, 0.05) is 12.0 Å². The molecule has 0 aromatic carbocycles. The summed E-state index contributed by atoms with van der Waals surface area (Å²) in [4.78, 5) is 0. The number of hydrogen-bond donors (Lipinski definition) is 1. The van der Waals surface area contributed by atoms with Crippen LogP contribution in [0.2, 0.25) is 0 Å². The quantitative estimate of drug-likeness (QED) is 0.757. The van der Waals surface area contributed by atoms with E-state index < -0.39 is 5.60 Å². The third-order valence-corrected chi connectivity index (χ3v) is 4.46. The molecule has 18 heavy (non-hydrogen) atoms. The third-order valence-electron chi connectivity index (χ3n) is 4.46. The summed E-state index contributed by atoms with van der Waals surface area (Å²) in [5.41, 5.74) is 1.53. The molecule has 1 heterocycles. The van der Waals surface area contributed by atoms with Crippen LogP contribution >= 0.6 is 0 Å². The van der Waals surface area contributed by atoms with Crippen LogP contribution < -0.4 is 0 Å². The summed E-state index contributed by atoms with van der Waals surface area (Å²) in [6.45, 7) is 0. The van der Waals surface area contributed by atoms with Gasteiger partial charge in [-0.1, -0.05) is 18.9 Å². The number of rotatable bonds is 1. The second-order valence-electron chi connectivity index (χ2n) is 5.65. The molecule has 2 aliphatic carbocycles. The lowest BCUT2D eigenvalue weighted by Crippen LogP contribution is -2.32. The van der Waals surface area contributed by atoms with Crippen molar-refractivity contribution < 1.29 is 9.52 Å². The Morgan fingerprint density at radius 3 is 2.89 bits per heavy atom. The summed E-state index contributed by atoms with van der Waals surface area (Å²) in [7, 11) is 0. The molecule has 1 unspecified atom stereocenters. The Morgan fingerprint density at radius 2 is 1.94 bits per heavy atom. The van der Waals surface area contributed by atoms with Crippen LogP contribution in [0.25, 0.3) is 0 Å². The van der Waals surface area contributed by atoms with E-state index >= 15 is 0 Å². The summed E-state index contributed by atoms with van der Waals surface area (Å²) in [6, 6.07) is 1.97. The molecule has 1 aromatic rings. The molecular weight excluding hydrogens is 224 g/mol. The molecule has 1 atom stereocenters. The molecule has 1 N–H and O–H groups in total. The van der Waals surface area contributed by atoms with E-state index in [-0.39, 0.29) is 0 Å². The van der Waals surface area contributed by atoms with E-state index in [0.29, 0.717) is 0 Å². The van der Waals surface area contributed by atoms with Gasteiger partial charge < -0.3 is 9.52 Å². The van der Waals surface area contributed by atoms with Crippen molar-refractivity contribution in [3.05, 3.63) is 35.3 Å². The molecule has 0 fully saturated rings. The Kier molecular flexibility index (Phi) is 3.29. The first-order valence-electron chi connectivity index (χ1n) is 7.29. The van der Waals surface area contributed by atoms with Gasteiger partial charge in [-0.3, -0.25) is 0 Å². The molecule has 0 aliphatic heterocycles. The number of fused-ring (bicyclic) bond motifs is 1. The molecule has 2 aliphatic rings. The van der Waals surface area contributed by atoms with Crippen LogP contribution in [0.5, 0.6) is 0 Å². The Labute approximate surface area is 109 Å². The lowest BCUT2D eigenvalue weighted by atomic mass is 9.75. The lowest BCUT2D eigenvalue weighted by Gasteiger charge is -2.35. The Balaban J connectivity index is 1.95. The minimum Gasteiger partial charge on any atom is -0.469 e. The Morgan fingerprint density at radius 1 is 1.06 bits per heavy atom. The van der Waals surface area contributed by atoms with Crippen molar-refractivity contribution in [2.45, 2.75) is 63.4 Å². The monoisotopic (exact) mass is 246 g/mol. The molecule has 0 saturated heterocycles. The van der Waals surface area contributed by atoms with Gasteiger partial charge in [-0.2, -0.15) is 0 Å². The highest BCUT2D eigenvalue weighted by Gasteiger charge is 2.39. The van der Waals surface area contributed by atoms with Crippen LogP contribution in [0.3, 0.4) is 0 Å². The highest BCUT2D eigenvalue weighted by Crippen LogP contribution is 2.43. The Bertz CT molecular complexity index is 444. The van der Waals surface area contributed by atoms with E-state index in [1.54, 1.807) is 6.26 Å². The van der Waals surface area contributed by atoms with Crippen molar-refractivity contribution in [2.75, 3.05) is 0 Å². The van der Waals surface area contributed by atoms with Crippen LogP contribution in [0.1, 0.15) is 62.7 Å². The fourth-order valence-electron chi connectivity index (χ4n) is 3.44. The molecule has 1 aromatic heterocycles. The molecule has 98 valence electrons. The molecular formula is C16H22O2. The number of aliphatic hydroxyl groups is 1. The van der Waals surface area contributed by atoms with E-state index in [1.165, 1.54) is 31.3 Å². The highest BCUT2D eigenvalue weighted by molar-refractivity contribution is 5.37. The third kappa shape index (κ3) is 2.03. The number of allylic oxidation sites excluding steroid dienone is 1.